The highest BCUT2D eigenvalue weighted by atomic mass is 15.3. The zero-order valence-corrected chi connectivity index (χ0v) is 11.9. The van der Waals surface area contributed by atoms with Gasteiger partial charge in [-0.3, -0.25) is 4.68 Å². The van der Waals surface area contributed by atoms with E-state index in [1.165, 1.54) is 41.5 Å². The summed E-state index contributed by atoms with van der Waals surface area (Å²) in [6.07, 6.45) is 9.42. The second-order valence-electron chi connectivity index (χ2n) is 5.74. The number of hydrogen-bond donors (Lipinski definition) is 0. The van der Waals surface area contributed by atoms with Crippen LogP contribution in [0, 0.1) is 12.8 Å². The summed E-state index contributed by atoms with van der Waals surface area (Å²) in [5, 5.41) is 4.51. The largest absolute Gasteiger partial charge is 0.272 e. The van der Waals surface area contributed by atoms with Crippen LogP contribution in [0.25, 0.3) is 11.1 Å². The predicted octanol–water partition coefficient (Wildman–Crippen LogP) is 4.22. The fourth-order valence-electron chi connectivity index (χ4n) is 2.61. The Kier molecular flexibility index (Phi) is 3.41. The number of benzene rings is 1. The van der Waals surface area contributed by atoms with Crippen LogP contribution in [-0.4, -0.2) is 9.78 Å². The van der Waals surface area contributed by atoms with Gasteiger partial charge in [0.05, 0.1) is 6.20 Å². The molecule has 1 aromatic heterocycles. The summed E-state index contributed by atoms with van der Waals surface area (Å²) in [6, 6.07) is 6.72. The summed E-state index contributed by atoms with van der Waals surface area (Å²) < 4.78 is 2.11. The predicted molar refractivity (Wildman–Crippen MR) is 79.1 cm³/mol. The second-order valence-corrected chi connectivity index (χ2v) is 5.74. The number of nitrogens with zero attached hydrogens (tertiary/aromatic N) is 2. The molecule has 0 atom stereocenters. The Morgan fingerprint density at radius 3 is 2.89 bits per heavy atom. The van der Waals surface area contributed by atoms with Crippen molar-refractivity contribution in [2.24, 2.45) is 5.92 Å². The first kappa shape index (κ1) is 12.5. The molecular formula is C17H22N2. The first-order chi connectivity index (χ1) is 9.26. The zero-order chi connectivity index (χ0) is 13.2. The van der Waals surface area contributed by atoms with E-state index in [4.69, 9.17) is 0 Å². The Morgan fingerprint density at radius 2 is 2.16 bits per heavy atom. The first-order valence-electron chi connectivity index (χ1n) is 7.38. The van der Waals surface area contributed by atoms with Gasteiger partial charge in [0.2, 0.25) is 0 Å². The molecule has 0 bridgehead atoms. The fraction of sp³-hybridized carbons (Fsp3) is 0.471. The highest BCUT2D eigenvalue weighted by Crippen LogP contribution is 2.33. The average molecular weight is 254 g/mol. The third-order valence-electron chi connectivity index (χ3n) is 4.05. The van der Waals surface area contributed by atoms with Crippen LogP contribution in [0.2, 0.25) is 0 Å². The van der Waals surface area contributed by atoms with Gasteiger partial charge in [0, 0.05) is 18.3 Å². The van der Waals surface area contributed by atoms with Crippen molar-refractivity contribution in [2.45, 2.75) is 46.1 Å². The van der Waals surface area contributed by atoms with E-state index in [-0.39, 0.29) is 0 Å². The highest BCUT2D eigenvalue weighted by molar-refractivity contribution is 5.66. The molecule has 100 valence electrons. The molecule has 1 fully saturated rings. The van der Waals surface area contributed by atoms with Gasteiger partial charge >= 0.3 is 0 Å². The number of rotatable bonds is 5. The van der Waals surface area contributed by atoms with Gasteiger partial charge in [-0.2, -0.15) is 5.10 Å². The molecule has 1 aliphatic rings. The molecule has 3 rings (SSSR count). The number of hydrogen-bond acceptors (Lipinski definition) is 1. The van der Waals surface area contributed by atoms with Gasteiger partial charge in [-0.05, 0) is 36.8 Å². The minimum Gasteiger partial charge on any atom is -0.272 e. The fourth-order valence-corrected chi connectivity index (χ4v) is 2.61. The van der Waals surface area contributed by atoms with Crippen molar-refractivity contribution in [1.82, 2.24) is 9.78 Å². The molecule has 0 saturated heterocycles. The third kappa shape index (κ3) is 2.89. The van der Waals surface area contributed by atoms with Crippen molar-refractivity contribution in [3.05, 3.63) is 41.7 Å². The maximum Gasteiger partial charge on any atom is 0.0568 e. The van der Waals surface area contributed by atoms with Crippen molar-refractivity contribution >= 4 is 0 Å². The summed E-state index contributed by atoms with van der Waals surface area (Å²) in [4.78, 5) is 0. The van der Waals surface area contributed by atoms with E-state index in [2.05, 4.69) is 48.0 Å². The van der Waals surface area contributed by atoms with Crippen LogP contribution < -0.4 is 0 Å². The van der Waals surface area contributed by atoms with Gasteiger partial charge in [-0.15, -0.1) is 0 Å². The lowest BCUT2D eigenvalue weighted by Gasteiger charge is -2.07. The smallest absolute Gasteiger partial charge is 0.0568 e. The van der Waals surface area contributed by atoms with E-state index in [9.17, 15) is 0 Å². The Bertz CT molecular complexity index is 564. The van der Waals surface area contributed by atoms with Gasteiger partial charge in [0.25, 0.3) is 0 Å². The van der Waals surface area contributed by atoms with Crippen LogP contribution >= 0.6 is 0 Å². The topological polar surface area (TPSA) is 17.8 Å². The third-order valence-corrected chi connectivity index (χ3v) is 4.05. The minimum atomic E-state index is 0.970. The maximum absolute atomic E-state index is 4.51. The average Bonchev–Trinajstić information content (AvgIpc) is 3.13. The number of aryl methyl sites for hydroxylation is 3. The van der Waals surface area contributed by atoms with Crippen LogP contribution in [0.3, 0.4) is 0 Å². The van der Waals surface area contributed by atoms with E-state index >= 15 is 0 Å². The van der Waals surface area contributed by atoms with Crippen molar-refractivity contribution < 1.29 is 0 Å². The van der Waals surface area contributed by atoms with Crippen LogP contribution in [0.4, 0.5) is 0 Å². The van der Waals surface area contributed by atoms with Gasteiger partial charge in [-0.1, -0.05) is 43.5 Å². The molecule has 2 heteroatoms. The summed E-state index contributed by atoms with van der Waals surface area (Å²) >= 11 is 0. The second kappa shape index (κ2) is 5.20. The first-order valence-corrected chi connectivity index (χ1v) is 7.38. The molecule has 1 aromatic carbocycles. The summed E-state index contributed by atoms with van der Waals surface area (Å²) in [5.41, 5.74) is 5.33. The molecule has 1 saturated carbocycles. The molecule has 0 unspecified atom stereocenters. The zero-order valence-electron chi connectivity index (χ0n) is 11.9. The van der Waals surface area contributed by atoms with Crippen LogP contribution in [-0.2, 0) is 13.0 Å². The molecule has 0 aliphatic heterocycles. The Labute approximate surface area is 115 Å². The van der Waals surface area contributed by atoms with Crippen molar-refractivity contribution in [3.8, 4) is 11.1 Å². The summed E-state index contributed by atoms with van der Waals surface area (Å²) in [7, 11) is 0. The van der Waals surface area contributed by atoms with Crippen molar-refractivity contribution in [3.63, 3.8) is 0 Å². The molecule has 0 radical (unpaired) electrons. The van der Waals surface area contributed by atoms with Crippen LogP contribution in [0.5, 0.6) is 0 Å². The van der Waals surface area contributed by atoms with Gasteiger partial charge in [-0.25, -0.2) is 0 Å². The van der Waals surface area contributed by atoms with E-state index in [0.29, 0.717) is 0 Å². The lowest BCUT2D eigenvalue weighted by Crippen LogP contribution is -1.98. The Morgan fingerprint density at radius 1 is 1.32 bits per heavy atom. The molecule has 2 nitrogen and oxygen atoms in total. The monoisotopic (exact) mass is 254 g/mol. The van der Waals surface area contributed by atoms with Gasteiger partial charge in [0.1, 0.15) is 0 Å². The molecule has 1 heterocycles. The maximum atomic E-state index is 4.51. The molecule has 0 spiro atoms. The SMILES string of the molecule is CCc1ccc(C)cc1-c1cnn(CCC2CC2)c1. The number of aromatic nitrogens is 2. The molecule has 0 amide bonds. The van der Waals surface area contributed by atoms with Gasteiger partial charge in [0.15, 0.2) is 0 Å². The van der Waals surface area contributed by atoms with Crippen LogP contribution in [0.1, 0.15) is 37.3 Å². The molecule has 19 heavy (non-hydrogen) atoms. The lowest BCUT2D eigenvalue weighted by molar-refractivity contribution is 0.547. The van der Waals surface area contributed by atoms with E-state index < -0.39 is 0 Å². The molecule has 2 aromatic rings. The molecule has 0 N–H and O–H groups in total. The lowest BCUT2D eigenvalue weighted by atomic mass is 9.98. The molecule has 1 aliphatic carbocycles. The Balaban J connectivity index is 1.82. The van der Waals surface area contributed by atoms with E-state index in [0.717, 1.165) is 18.9 Å². The van der Waals surface area contributed by atoms with Gasteiger partial charge < -0.3 is 0 Å². The summed E-state index contributed by atoms with van der Waals surface area (Å²) in [6.45, 7) is 5.43. The van der Waals surface area contributed by atoms with E-state index in [1.807, 2.05) is 6.20 Å². The highest BCUT2D eigenvalue weighted by Gasteiger charge is 2.20. The standard InChI is InChI=1S/C17H22N2/c1-3-15-7-4-13(2)10-17(15)16-11-18-19(12-16)9-8-14-5-6-14/h4,7,10-12,14H,3,5-6,8-9H2,1-2H3. The minimum absolute atomic E-state index is 0.970. The quantitative estimate of drug-likeness (QED) is 0.781. The van der Waals surface area contributed by atoms with Crippen LogP contribution in [0.15, 0.2) is 30.6 Å². The van der Waals surface area contributed by atoms with Crippen molar-refractivity contribution in [2.75, 3.05) is 0 Å². The van der Waals surface area contributed by atoms with Crippen molar-refractivity contribution in [1.29, 1.82) is 0 Å². The molecular weight excluding hydrogens is 232 g/mol. The normalized spacial score (nSPS) is 14.8. The Hall–Kier alpha value is -1.57. The van der Waals surface area contributed by atoms with E-state index in [1.54, 1.807) is 0 Å². The summed E-state index contributed by atoms with van der Waals surface area (Å²) in [5.74, 6) is 0.970.